The van der Waals surface area contributed by atoms with E-state index in [1.807, 2.05) is 55.2 Å². The molecular weight excluding hydrogens is 238 g/mol. The second-order valence-electron chi connectivity index (χ2n) is 4.61. The molecule has 1 aromatic heterocycles. The molecule has 4 nitrogen and oxygen atoms in total. The van der Waals surface area contributed by atoms with E-state index in [1.165, 1.54) is 0 Å². The van der Waals surface area contributed by atoms with Crippen molar-refractivity contribution >= 4 is 0 Å². The van der Waals surface area contributed by atoms with Gasteiger partial charge in [-0.1, -0.05) is 12.1 Å². The summed E-state index contributed by atoms with van der Waals surface area (Å²) in [5.41, 5.74) is 7.35. The van der Waals surface area contributed by atoms with Crippen LogP contribution in [0.2, 0.25) is 0 Å². The highest BCUT2D eigenvalue weighted by atomic mass is 16.5. The number of hydrogen-bond donors (Lipinski definition) is 1. The van der Waals surface area contributed by atoms with Crippen LogP contribution in [0.25, 0.3) is 0 Å². The number of rotatable bonds is 6. The minimum atomic E-state index is 0.0112. The van der Waals surface area contributed by atoms with E-state index in [1.54, 1.807) is 0 Å². The molecule has 0 fully saturated rings. The van der Waals surface area contributed by atoms with Crippen LogP contribution in [-0.2, 0) is 13.5 Å². The van der Waals surface area contributed by atoms with Crippen molar-refractivity contribution in [2.75, 3.05) is 6.61 Å². The summed E-state index contributed by atoms with van der Waals surface area (Å²) in [4.78, 5) is 4.31. The van der Waals surface area contributed by atoms with E-state index in [4.69, 9.17) is 10.5 Å². The van der Waals surface area contributed by atoms with Crippen molar-refractivity contribution in [2.24, 2.45) is 12.8 Å². The highest BCUT2D eigenvalue weighted by Gasteiger charge is 2.09. The van der Waals surface area contributed by atoms with E-state index < -0.39 is 0 Å². The van der Waals surface area contributed by atoms with Gasteiger partial charge in [-0.15, -0.1) is 0 Å². The summed E-state index contributed by atoms with van der Waals surface area (Å²) in [5.74, 6) is 1.95. The zero-order valence-corrected chi connectivity index (χ0v) is 11.5. The molecule has 0 aliphatic carbocycles. The summed E-state index contributed by atoms with van der Waals surface area (Å²) in [6.07, 6.45) is 5.52. The molecule has 4 heteroatoms. The third-order valence-electron chi connectivity index (χ3n) is 3.20. The molecule has 102 valence electrons. The van der Waals surface area contributed by atoms with Gasteiger partial charge in [0, 0.05) is 31.9 Å². The fraction of sp³-hybridized carbons (Fsp3) is 0.400. The van der Waals surface area contributed by atoms with Gasteiger partial charge in [0.2, 0.25) is 0 Å². The second-order valence-corrected chi connectivity index (χ2v) is 4.61. The summed E-state index contributed by atoms with van der Waals surface area (Å²) in [6, 6.07) is 8.02. The molecule has 0 aliphatic heterocycles. The first kappa shape index (κ1) is 13.6. The van der Waals surface area contributed by atoms with Gasteiger partial charge in [0.25, 0.3) is 0 Å². The molecule has 0 aliphatic rings. The lowest BCUT2D eigenvalue weighted by Gasteiger charge is -2.13. The Labute approximate surface area is 114 Å². The molecule has 1 aromatic carbocycles. The largest absolute Gasteiger partial charge is 0.494 e. The summed E-state index contributed by atoms with van der Waals surface area (Å²) in [7, 11) is 2.00. The van der Waals surface area contributed by atoms with Crippen molar-refractivity contribution in [1.29, 1.82) is 0 Å². The van der Waals surface area contributed by atoms with Crippen molar-refractivity contribution in [1.82, 2.24) is 9.55 Å². The Morgan fingerprint density at radius 1 is 1.42 bits per heavy atom. The molecule has 19 heavy (non-hydrogen) atoms. The number of benzene rings is 1. The molecule has 0 saturated heterocycles. The number of ether oxygens (including phenoxy) is 1. The van der Waals surface area contributed by atoms with Crippen molar-refractivity contribution in [3.05, 3.63) is 48.0 Å². The molecule has 0 bridgehead atoms. The molecule has 2 rings (SSSR count). The average molecular weight is 259 g/mol. The van der Waals surface area contributed by atoms with Crippen molar-refractivity contribution < 1.29 is 4.74 Å². The summed E-state index contributed by atoms with van der Waals surface area (Å²) in [6.45, 7) is 2.65. The van der Waals surface area contributed by atoms with Crippen LogP contribution in [0.3, 0.4) is 0 Å². The average Bonchev–Trinajstić information content (AvgIpc) is 2.82. The molecule has 1 heterocycles. The molecule has 1 unspecified atom stereocenters. The van der Waals surface area contributed by atoms with Crippen LogP contribution in [0.5, 0.6) is 5.75 Å². The first-order chi connectivity index (χ1) is 9.20. The van der Waals surface area contributed by atoms with Crippen LogP contribution in [0.4, 0.5) is 0 Å². The van der Waals surface area contributed by atoms with Crippen LogP contribution in [0.1, 0.15) is 30.8 Å². The highest BCUT2D eigenvalue weighted by molar-refractivity contribution is 5.30. The number of hydrogen-bond acceptors (Lipinski definition) is 3. The number of aromatic nitrogens is 2. The van der Waals surface area contributed by atoms with Crippen LogP contribution >= 0.6 is 0 Å². The Balaban J connectivity index is 1.97. The smallest absolute Gasteiger partial charge is 0.119 e. The van der Waals surface area contributed by atoms with Crippen LogP contribution in [0.15, 0.2) is 36.7 Å². The maximum atomic E-state index is 6.23. The number of nitrogens with zero attached hydrogens (tertiary/aromatic N) is 2. The Hall–Kier alpha value is -1.81. The van der Waals surface area contributed by atoms with Gasteiger partial charge in [-0.25, -0.2) is 4.98 Å². The zero-order chi connectivity index (χ0) is 13.7. The monoisotopic (exact) mass is 259 g/mol. The molecule has 0 amide bonds. The molecule has 0 spiro atoms. The van der Waals surface area contributed by atoms with Crippen LogP contribution in [0, 0.1) is 0 Å². The summed E-state index contributed by atoms with van der Waals surface area (Å²) >= 11 is 0. The fourth-order valence-corrected chi connectivity index (χ4v) is 2.09. The summed E-state index contributed by atoms with van der Waals surface area (Å²) < 4.78 is 7.53. The number of nitrogens with two attached hydrogens (primary N) is 1. The first-order valence-corrected chi connectivity index (χ1v) is 6.65. The predicted molar refractivity (Wildman–Crippen MR) is 76.1 cm³/mol. The molecule has 0 radical (unpaired) electrons. The molecule has 0 saturated carbocycles. The lowest BCUT2D eigenvalue weighted by molar-refractivity contribution is 0.339. The van der Waals surface area contributed by atoms with Gasteiger partial charge in [0.15, 0.2) is 0 Å². The van der Waals surface area contributed by atoms with Crippen LogP contribution in [-0.4, -0.2) is 16.2 Å². The Morgan fingerprint density at radius 2 is 2.26 bits per heavy atom. The lowest BCUT2D eigenvalue weighted by Crippen LogP contribution is -2.12. The predicted octanol–water partition coefficient (Wildman–Crippen LogP) is 2.45. The molecule has 2 aromatic rings. The molecule has 2 N–H and O–H groups in total. The van der Waals surface area contributed by atoms with Crippen molar-refractivity contribution in [3.63, 3.8) is 0 Å². The van der Waals surface area contributed by atoms with Gasteiger partial charge in [-0.2, -0.15) is 0 Å². The lowest BCUT2D eigenvalue weighted by atomic mass is 10.0. The first-order valence-electron chi connectivity index (χ1n) is 6.65. The zero-order valence-electron chi connectivity index (χ0n) is 11.5. The van der Waals surface area contributed by atoms with Gasteiger partial charge < -0.3 is 15.0 Å². The van der Waals surface area contributed by atoms with E-state index in [2.05, 4.69) is 4.98 Å². The number of aryl methyl sites for hydroxylation is 2. The quantitative estimate of drug-likeness (QED) is 0.867. The van der Waals surface area contributed by atoms with E-state index >= 15 is 0 Å². The second kappa shape index (κ2) is 6.38. The Bertz CT molecular complexity index is 522. The van der Waals surface area contributed by atoms with Crippen LogP contribution < -0.4 is 10.5 Å². The molecule has 1 atom stereocenters. The van der Waals surface area contributed by atoms with Gasteiger partial charge in [-0.3, -0.25) is 0 Å². The third kappa shape index (κ3) is 3.58. The van der Waals surface area contributed by atoms with Crippen molar-refractivity contribution in [3.8, 4) is 5.75 Å². The van der Waals surface area contributed by atoms with Gasteiger partial charge >= 0.3 is 0 Å². The normalized spacial score (nSPS) is 12.4. The van der Waals surface area contributed by atoms with Gasteiger partial charge in [-0.05, 0) is 31.0 Å². The maximum Gasteiger partial charge on any atom is 0.119 e. The topological polar surface area (TPSA) is 53.1 Å². The molecular formula is C15H21N3O. The SMILES string of the molecule is CCOc1cccc(C(N)CCc2nccn2C)c1. The third-order valence-corrected chi connectivity index (χ3v) is 3.20. The summed E-state index contributed by atoms with van der Waals surface area (Å²) in [5, 5.41) is 0. The Kier molecular flexibility index (Phi) is 4.58. The van der Waals surface area contributed by atoms with E-state index in [9.17, 15) is 0 Å². The van der Waals surface area contributed by atoms with E-state index in [-0.39, 0.29) is 6.04 Å². The van der Waals surface area contributed by atoms with Crippen molar-refractivity contribution in [2.45, 2.75) is 25.8 Å². The van der Waals surface area contributed by atoms with Gasteiger partial charge in [0.1, 0.15) is 11.6 Å². The van der Waals surface area contributed by atoms with E-state index in [0.717, 1.165) is 30.0 Å². The van der Waals surface area contributed by atoms with E-state index in [0.29, 0.717) is 6.61 Å². The standard InChI is InChI=1S/C15H21N3O/c1-3-19-13-6-4-5-12(11-13)14(16)7-8-15-17-9-10-18(15)2/h4-6,9-11,14H,3,7-8,16H2,1-2H3. The van der Waals surface area contributed by atoms with Gasteiger partial charge in [0.05, 0.1) is 6.61 Å². The fourth-order valence-electron chi connectivity index (χ4n) is 2.09. The number of imidazole rings is 1. The highest BCUT2D eigenvalue weighted by Crippen LogP contribution is 2.21. The maximum absolute atomic E-state index is 6.23. The minimum Gasteiger partial charge on any atom is -0.494 e. The Morgan fingerprint density at radius 3 is 2.95 bits per heavy atom. The minimum absolute atomic E-state index is 0.0112.